The zero-order valence-corrected chi connectivity index (χ0v) is 19.2. The number of aromatic amines is 1. The molecule has 1 unspecified atom stereocenters. The van der Waals surface area contributed by atoms with E-state index in [4.69, 9.17) is 9.84 Å². The van der Waals surface area contributed by atoms with Crippen molar-refractivity contribution in [1.82, 2.24) is 10.3 Å². The first-order chi connectivity index (χ1) is 16.0. The van der Waals surface area contributed by atoms with Gasteiger partial charge in [-0.3, -0.25) is 4.79 Å². The Kier molecular flexibility index (Phi) is 8.94. The molecule has 6 heteroatoms. The summed E-state index contributed by atoms with van der Waals surface area (Å²) in [6.45, 7) is 3.79. The molecule has 4 N–H and O–H groups in total. The van der Waals surface area contributed by atoms with Gasteiger partial charge in [-0.05, 0) is 62.9 Å². The van der Waals surface area contributed by atoms with Crippen LogP contribution in [0.3, 0.4) is 0 Å². The molecule has 0 spiro atoms. The maximum absolute atomic E-state index is 13.2. The van der Waals surface area contributed by atoms with Crippen LogP contribution in [0.5, 0.6) is 5.75 Å². The van der Waals surface area contributed by atoms with Crippen molar-refractivity contribution in [2.24, 2.45) is 0 Å². The van der Waals surface area contributed by atoms with Crippen molar-refractivity contribution >= 4 is 16.8 Å². The normalized spacial score (nSPS) is 11.8. The van der Waals surface area contributed by atoms with Gasteiger partial charge in [0.15, 0.2) is 0 Å². The number of unbranched alkanes of at least 4 members (excludes halogenated alkanes) is 2. The molecule has 1 amide bonds. The summed E-state index contributed by atoms with van der Waals surface area (Å²) in [5.74, 6) is 6.34. The number of aliphatic hydroxyl groups excluding tert-OH is 2. The number of nitrogens with one attached hydrogen (secondary N) is 2. The Morgan fingerprint density at radius 2 is 1.97 bits per heavy atom. The summed E-state index contributed by atoms with van der Waals surface area (Å²) in [6.07, 6.45) is 4.56. The van der Waals surface area contributed by atoms with E-state index in [2.05, 4.69) is 22.1 Å². The van der Waals surface area contributed by atoms with E-state index in [1.165, 1.54) is 0 Å². The van der Waals surface area contributed by atoms with E-state index in [-0.39, 0.29) is 25.2 Å². The standard InChI is InChI=1S/C27H32N2O4/c1-19(2)33-26-13-12-20(9-5-3-4-8-14-30)15-24(26)27(32)29-22(18-31)16-21-17-28-25-11-7-6-10-23(21)25/h6-7,10-13,15,17,19,22,28,30-31H,3-4,8,14,16,18H2,1-2H3,(H,29,32). The molecule has 1 atom stereocenters. The second-order valence-corrected chi connectivity index (χ2v) is 8.28. The number of para-hydroxylation sites is 1. The highest BCUT2D eigenvalue weighted by Crippen LogP contribution is 2.23. The van der Waals surface area contributed by atoms with Crippen LogP contribution in [0, 0.1) is 11.8 Å². The molecule has 0 fully saturated rings. The summed E-state index contributed by atoms with van der Waals surface area (Å²) in [7, 11) is 0. The number of aromatic nitrogens is 1. The van der Waals surface area contributed by atoms with Crippen molar-refractivity contribution in [3.63, 3.8) is 0 Å². The predicted molar refractivity (Wildman–Crippen MR) is 130 cm³/mol. The van der Waals surface area contributed by atoms with Gasteiger partial charge in [-0.1, -0.05) is 30.0 Å². The van der Waals surface area contributed by atoms with Gasteiger partial charge in [0.2, 0.25) is 0 Å². The number of rotatable bonds is 10. The number of hydrogen-bond acceptors (Lipinski definition) is 4. The summed E-state index contributed by atoms with van der Waals surface area (Å²) in [5.41, 5.74) is 3.17. The van der Waals surface area contributed by atoms with E-state index >= 15 is 0 Å². The number of H-pyrrole nitrogens is 1. The van der Waals surface area contributed by atoms with E-state index < -0.39 is 6.04 Å². The topological polar surface area (TPSA) is 94.6 Å². The average molecular weight is 449 g/mol. The first-order valence-electron chi connectivity index (χ1n) is 11.4. The summed E-state index contributed by atoms with van der Waals surface area (Å²) in [4.78, 5) is 16.4. The van der Waals surface area contributed by atoms with Crippen molar-refractivity contribution in [2.45, 2.75) is 51.7 Å². The molecule has 0 radical (unpaired) electrons. The monoisotopic (exact) mass is 448 g/mol. The van der Waals surface area contributed by atoms with Crippen LogP contribution in [-0.4, -0.2) is 46.5 Å². The molecule has 1 heterocycles. The van der Waals surface area contributed by atoms with Gasteiger partial charge < -0.3 is 25.3 Å². The summed E-state index contributed by atoms with van der Waals surface area (Å²) in [5, 5.41) is 22.9. The molecule has 2 aromatic carbocycles. The molecule has 0 aliphatic rings. The van der Waals surface area contributed by atoms with Gasteiger partial charge in [0.1, 0.15) is 5.75 Å². The minimum absolute atomic E-state index is 0.0909. The lowest BCUT2D eigenvalue weighted by Crippen LogP contribution is -2.39. The maximum atomic E-state index is 13.2. The third-order valence-electron chi connectivity index (χ3n) is 5.23. The molecule has 0 bridgehead atoms. The zero-order chi connectivity index (χ0) is 23.6. The number of ether oxygens (including phenoxy) is 1. The van der Waals surface area contributed by atoms with Gasteiger partial charge in [0.05, 0.1) is 24.3 Å². The average Bonchev–Trinajstić information content (AvgIpc) is 3.21. The molecule has 0 aliphatic carbocycles. The fourth-order valence-electron chi connectivity index (χ4n) is 3.62. The Balaban J connectivity index is 1.78. The Hall–Kier alpha value is -3.27. The van der Waals surface area contributed by atoms with Gasteiger partial charge in [0.25, 0.3) is 5.91 Å². The van der Waals surface area contributed by atoms with Gasteiger partial charge in [-0.2, -0.15) is 0 Å². The second-order valence-electron chi connectivity index (χ2n) is 8.28. The number of carbonyl (C=O) groups excluding carboxylic acids is 1. The Morgan fingerprint density at radius 1 is 1.15 bits per heavy atom. The van der Waals surface area contributed by atoms with Crippen molar-refractivity contribution in [1.29, 1.82) is 0 Å². The van der Waals surface area contributed by atoms with Crippen molar-refractivity contribution in [3.8, 4) is 17.6 Å². The molecule has 6 nitrogen and oxygen atoms in total. The van der Waals surface area contributed by atoms with Crippen LogP contribution in [0.1, 0.15) is 54.6 Å². The third-order valence-corrected chi connectivity index (χ3v) is 5.23. The third kappa shape index (κ3) is 6.85. The highest BCUT2D eigenvalue weighted by molar-refractivity contribution is 5.97. The van der Waals surface area contributed by atoms with Gasteiger partial charge in [0, 0.05) is 35.7 Å². The molecular formula is C27H32N2O4. The number of hydrogen-bond donors (Lipinski definition) is 4. The first kappa shape index (κ1) is 24.4. The Morgan fingerprint density at radius 3 is 2.73 bits per heavy atom. The number of amides is 1. The smallest absolute Gasteiger partial charge is 0.255 e. The van der Waals surface area contributed by atoms with E-state index in [0.29, 0.717) is 24.2 Å². The second kappa shape index (κ2) is 12.1. The fraction of sp³-hybridized carbons (Fsp3) is 0.370. The molecule has 0 aliphatic heterocycles. The SMILES string of the molecule is CC(C)Oc1ccc(C#CCCCCO)cc1C(=O)NC(CO)Cc1c[nH]c2ccccc12. The van der Waals surface area contributed by atoms with Crippen LogP contribution in [0.4, 0.5) is 0 Å². The van der Waals surface area contributed by atoms with E-state index in [1.807, 2.05) is 50.4 Å². The number of fused-ring (bicyclic) bond motifs is 1. The lowest BCUT2D eigenvalue weighted by Gasteiger charge is -2.19. The summed E-state index contributed by atoms with van der Waals surface area (Å²) >= 11 is 0. The van der Waals surface area contributed by atoms with Crippen LogP contribution in [0.15, 0.2) is 48.7 Å². The zero-order valence-electron chi connectivity index (χ0n) is 19.2. The quantitative estimate of drug-likeness (QED) is 0.280. The van der Waals surface area contributed by atoms with E-state index in [9.17, 15) is 9.90 Å². The summed E-state index contributed by atoms with van der Waals surface area (Å²) < 4.78 is 5.85. The van der Waals surface area contributed by atoms with Crippen LogP contribution in [0.25, 0.3) is 10.9 Å². The fourth-order valence-corrected chi connectivity index (χ4v) is 3.62. The van der Waals surface area contributed by atoms with E-state index in [0.717, 1.165) is 34.9 Å². The minimum Gasteiger partial charge on any atom is -0.490 e. The molecule has 33 heavy (non-hydrogen) atoms. The minimum atomic E-state index is -0.447. The Bertz CT molecular complexity index is 1120. The van der Waals surface area contributed by atoms with Gasteiger partial charge in [-0.15, -0.1) is 0 Å². The Labute approximate surface area is 195 Å². The number of carbonyl (C=O) groups is 1. The lowest BCUT2D eigenvalue weighted by molar-refractivity contribution is 0.0910. The molecule has 3 aromatic rings. The van der Waals surface area contributed by atoms with Crippen molar-refractivity contribution in [3.05, 3.63) is 65.4 Å². The van der Waals surface area contributed by atoms with E-state index in [1.54, 1.807) is 12.1 Å². The number of benzene rings is 2. The van der Waals surface area contributed by atoms with Gasteiger partial charge >= 0.3 is 0 Å². The van der Waals surface area contributed by atoms with Crippen LogP contribution in [-0.2, 0) is 6.42 Å². The van der Waals surface area contributed by atoms with Crippen LogP contribution in [0.2, 0.25) is 0 Å². The van der Waals surface area contributed by atoms with Crippen LogP contribution >= 0.6 is 0 Å². The summed E-state index contributed by atoms with van der Waals surface area (Å²) in [6, 6.07) is 12.8. The van der Waals surface area contributed by atoms with Gasteiger partial charge in [-0.25, -0.2) is 0 Å². The molecule has 0 saturated heterocycles. The molecule has 3 rings (SSSR count). The number of aliphatic hydroxyl groups is 2. The highest BCUT2D eigenvalue weighted by Gasteiger charge is 2.19. The largest absolute Gasteiger partial charge is 0.490 e. The molecule has 1 aromatic heterocycles. The van der Waals surface area contributed by atoms with Crippen molar-refractivity contribution in [2.75, 3.05) is 13.2 Å². The van der Waals surface area contributed by atoms with Crippen molar-refractivity contribution < 1.29 is 19.7 Å². The molecule has 0 saturated carbocycles. The maximum Gasteiger partial charge on any atom is 0.255 e. The van der Waals surface area contributed by atoms with Crippen LogP contribution < -0.4 is 10.1 Å². The first-order valence-corrected chi connectivity index (χ1v) is 11.4. The lowest BCUT2D eigenvalue weighted by atomic mass is 10.0. The predicted octanol–water partition coefficient (Wildman–Crippen LogP) is 3.80. The molecule has 174 valence electrons. The molecular weight excluding hydrogens is 416 g/mol. The highest BCUT2D eigenvalue weighted by atomic mass is 16.5.